The van der Waals surface area contributed by atoms with E-state index in [1.54, 1.807) is 25.1 Å². The van der Waals surface area contributed by atoms with Gasteiger partial charge in [-0.15, -0.1) is 0 Å². The van der Waals surface area contributed by atoms with Crippen LogP contribution in [0.25, 0.3) is 0 Å². The Kier molecular flexibility index (Phi) is 7.20. The lowest BCUT2D eigenvalue weighted by atomic mass is 10.1. The van der Waals surface area contributed by atoms with Crippen molar-refractivity contribution in [3.63, 3.8) is 0 Å². The molecule has 28 heavy (non-hydrogen) atoms. The molecule has 2 aromatic carbocycles. The van der Waals surface area contributed by atoms with Gasteiger partial charge in [-0.05, 0) is 56.2 Å². The summed E-state index contributed by atoms with van der Waals surface area (Å²) in [5.74, 6) is -0.436. The van der Waals surface area contributed by atoms with Crippen molar-refractivity contribution in [1.82, 2.24) is 0 Å². The van der Waals surface area contributed by atoms with E-state index in [4.69, 9.17) is 32.7 Å². The molecule has 0 amide bonds. The predicted octanol–water partition coefficient (Wildman–Crippen LogP) is 4.38. The fourth-order valence-corrected chi connectivity index (χ4v) is 4.73. The molecule has 0 atom stereocenters. The van der Waals surface area contributed by atoms with Gasteiger partial charge >= 0.3 is 5.97 Å². The second-order valence-corrected chi connectivity index (χ2v) is 8.57. The number of ether oxygens (including phenoxy) is 2. The second kappa shape index (κ2) is 9.03. The van der Waals surface area contributed by atoms with Crippen LogP contribution in [0.15, 0.2) is 35.2 Å². The molecule has 0 radical (unpaired) electrons. The van der Waals surface area contributed by atoms with Gasteiger partial charge in [0.25, 0.3) is 10.0 Å². The van der Waals surface area contributed by atoms with Crippen molar-refractivity contribution in [2.24, 2.45) is 0 Å². The molecule has 0 heterocycles. The molecule has 0 saturated carbocycles. The number of halogens is 2. The number of carbonyl (C=O) groups is 1. The largest absolute Gasteiger partial charge is 0.495 e. The van der Waals surface area contributed by atoms with E-state index in [-0.39, 0.29) is 27.3 Å². The van der Waals surface area contributed by atoms with Crippen molar-refractivity contribution in [2.75, 3.05) is 24.6 Å². The highest BCUT2D eigenvalue weighted by molar-refractivity contribution is 7.93. The lowest BCUT2D eigenvalue weighted by Crippen LogP contribution is -2.37. The van der Waals surface area contributed by atoms with E-state index in [1.807, 2.05) is 13.8 Å². The molecular formula is C19H21Cl2NO5S. The zero-order valence-electron chi connectivity index (χ0n) is 16.0. The fraction of sp³-hybridized carbons (Fsp3) is 0.316. The normalized spacial score (nSPS) is 11.2. The third-order valence-electron chi connectivity index (χ3n) is 4.16. The molecule has 0 unspecified atom stereocenters. The average molecular weight is 446 g/mol. The highest BCUT2D eigenvalue weighted by atomic mass is 35.5. The standard InChI is InChI=1S/C19H21Cl2NO5S/c1-5-27-17(23)11-22(14-7-6-12(2)13(3)10-14)28(24,25)16-9-8-15(26-4)18(20)19(16)21/h6-10H,5,11H2,1-4H3. The Morgan fingerprint density at radius 1 is 1.07 bits per heavy atom. The topological polar surface area (TPSA) is 72.9 Å². The van der Waals surface area contributed by atoms with E-state index in [0.717, 1.165) is 15.4 Å². The van der Waals surface area contributed by atoms with Gasteiger partial charge in [0.05, 0.1) is 24.4 Å². The van der Waals surface area contributed by atoms with E-state index in [2.05, 4.69) is 0 Å². The summed E-state index contributed by atoms with van der Waals surface area (Å²) < 4.78 is 37.7. The van der Waals surface area contributed by atoms with Gasteiger partial charge in [0.1, 0.15) is 22.2 Å². The summed E-state index contributed by atoms with van der Waals surface area (Å²) in [6, 6.07) is 7.79. The minimum atomic E-state index is -4.21. The SMILES string of the molecule is CCOC(=O)CN(c1ccc(C)c(C)c1)S(=O)(=O)c1ccc(OC)c(Cl)c1Cl. The molecular weight excluding hydrogens is 425 g/mol. The number of hydrogen-bond donors (Lipinski definition) is 0. The highest BCUT2D eigenvalue weighted by Crippen LogP contribution is 2.38. The van der Waals surface area contributed by atoms with Crippen LogP contribution in [0, 0.1) is 13.8 Å². The monoisotopic (exact) mass is 445 g/mol. The van der Waals surface area contributed by atoms with Crippen molar-refractivity contribution < 1.29 is 22.7 Å². The molecule has 2 aromatic rings. The molecule has 0 fully saturated rings. The van der Waals surface area contributed by atoms with E-state index < -0.39 is 22.5 Å². The Labute approximate surface area is 175 Å². The minimum absolute atomic E-state index is 0.0265. The first-order chi connectivity index (χ1) is 13.1. The Hall–Kier alpha value is -1.96. The summed E-state index contributed by atoms with van der Waals surface area (Å²) in [5, 5.41) is -0.208. The molecule has 2 rings (SSSR count). The summed E-state index contributed by atoms with van der Waals surface area (Å²) in [5.41, 5.74) is 2.18. The maximum atomic E-state index is 13.4. The van der Waals surface area contributed by atoms with Gasteiger partial charge in [-0.25, -0.2) is 8.42 Å². The number of carbonyl (C=O) groups excluding carboxylic acids is 1. The maximum Gasteiger partial charge on any atom is 0.326 e. The number of anilines is 1. The molecule has 0 bridgehead atoms. The third kappa shape index (κ3) is 4.54. The van der Waals surface area contributed by atoms with Crippen LogP contribution >= 0.6 is 23.2 Å². The second-order valence-electron chi connectivity index (χ2n) is 5.98. The number of sulfonamides is 1. The van der Waals surface area contributed by atoms with Gasteiger partial charge < -0.3 is 9.47 Å². The average Bonchev–Trinajstić information content (AvgIpc) is 2.64. The zero-order valence-corrected chi connectivity index (χ0v) is 18.3. The van der Waals surface area contributed by atoms with Crippen LogP contribution in [0.5, 0.6) is 5.75 Å². The van der Waals surface area contributed by atoms with Crippen LogP contribution in [0.3, 0.4) is 0 Å². The van der Waals surface area contributed by atoms with Gasteiger partial charge in [-0.2, -0.15) is 0 Å². The molecule has 0 N–H and O–H groups in total. The number of hydrogen-bond acceptors (Lipinski definition) is 5. The van der Waals surface area contributed by atoms with Crippen LogP contribution in [0.4, 0.5) is 5.69 Å². The van der Waals surface area contributed by atoms with Crippen LogP contribution in [0.1, 0.15) is 18.1 Å². The van der Waals surface area contributed by atoms with E-state index in [0.29, 0.717) is 5.69 Å². The number of esters is 1. The van der Waals surface area contributed by atoms with Gasteiger partial charge in [0.2, 0.25) is 0 Å². The summed E-state index contributed by atoms with van der Waals surface area (Å²) in [7, 11) is -2.82. The first kappa shape index (κ1) is 22.3. The molecule has 0 saturated heterocycles. The lowest BCUT2D eigenvalue weighted by Gasteiger charge is -2.25. The number of rotatable bonds is 7. The van der Waals surface area contributed by atoms with Crippen LogP contribution in [0.2, 0.25) is 10.0 Å². The number of aryl methyl sites for hydroxylation is 2. The molecule has 0 aliphatic rings. The first-order valence-corrected chi connectivity index (χ1v) is 10.6. The Morgan fingerprint density at radius 2 is 1.75 bits per heavy atom. The molecule has 0 aliphatic heterocycles. The van der Waals surface area contributed by atoms with Gasteiger partial charge in [0.15, 0.2) is 0 Å². The minimum Gasteiger partial charge on any atom is -0.495 e. The van der Waals surface area contributed by atoms with Crippen molar-refractivity contribution in [3.8, 4) is 5.75 Å². The van der Waals surface area contributed by atoms with Gasteiger partial charge in [0, 0.05) is 0 Å². The quantitative estimate of drug-likeness (QED) is 0.591. The molecule has 0 aliphatic carbocycles. The fourth-order valence-electron chi connectivity index (χ4n) is 2.51. The molecule has 9 heteroatoms. The summed E-state index contributed by atoms with van der Waals surface area (Å²) >= 11 is 12.3. The Morgan fingerprint density at radius 3 is 2.32 bits per heavy atom. The van der Waals surface area contributed by atoms with Gasteiger partial charge in [-0.1, -0.05) is 29.3 Å². The summed E-state index contributed by atoms with van der Waals surface area (Å²) in [4.78, 5) is 11.9. The van der Waals surface area contributed by atoms with Crippen molar-refractivity contribution in [1.29, 1.82) is 0 Å². The number of methoxy groups -OCH3 is 1. The number of benzene rings is 2. The lowest BCUT2D eigenvalue weighted by molar-refractivity contribution is -0.141. The third-order valence-corrected chi connectivity index (χ3v) is 6.95. The summed E-state index contributed by atoms with van der Waals surface area (Å²) in [6.45, 7) is 5.04. The van der Waals surface area contributed by atoms with E-state index in [9.17, 15) is 13.2 Å². The maximum absolute atomic E-state index is 13.4. The highest BCUT2D eigenvalue weighted by Gasteiger charge is 2.31. The van der Waals surface area contributed by atoms with Crippen molar-refractivity contribution in [3.05, 3.63) is 51.5 Å². The Bertz CT molecular complexity index is 992. The smallest absolute Gasteiger partial charge is 0.326 e. The number of nitrogens with zero attached hydrogens (tertiary/aromatic N) is 1. The van der Waals surface area contributed by atoms with Crippen molar-refractivity contribution >= 4 is 44.9 Å². The van der Waals surface area contributed by atoms with Crippen LogP contribution in [-0.2, 0) is 19.6 Å². The first-order valence-electron chi connectivity index (χ1n) is 8.41. The molecule has 6 nitrogen and oxygen atoms in total. The molecule has 152 valence electrons. The predicted molar refractivity (Wildman–Crippen MR) is 110 cm³/mol. The Balaban J connectivity index is 2.62. The van der Waals surface area contributed by atoms with Crippen molar-refractivity contribution in [2.45, 2.75) is 25.7 Å². The van der Waals surface area contributed by atoms with E-state index >= 15 is 0 Å². The van der Waals surface area contributed by atoms with Gasteiger partial charge in [-0.3, -0.25) is 9.10 Å². The summed E-state index contributed by atoms with van der Waals surface area (Å²) in [6.07, 6.45) is 0. The zero-order chi connectivity index (χ0) is 21.1. The van der Waals surface area contributed by atoms with Crippen LogP contribution < -0.4 is 9.04 Å². The molecule has 0 aromatic heterocycles. The van der Waals surface area contributed by atoms with Crippen LogP contribution in [-0.4, -0.2) is 34.6 Å². The molecule has 0 spiro atoms. The van der Waals surface area contributed by atoms with E-state index in [1.165, 1.54) is 19.2 Å².